The van der Waals surface area contributed by atoms with Gasteiger partial charge in [0, 0.05) is 26.4 Å². The van der Waals surface area contributed by atoms with Crippen LogP contribution < -0.4 is 15.2 Å². The summed E-state index contributed by atoms with van der Waals surface area (Å²) in [6.07, 6.45) is 1.10. The molecule has 0 aliphatic rings. The molecule has 8 heteroatoms. The van der Waals surface area contributed by atoms with Crippen LogP contribution in [0.1, 0.15) is 17.3 Å². The Morgan fingerprint density at radius 1 is 1.08 bits per heavy atom. The van der Waals surface area contributed by atoms with Crippen molar-refractivity contribution in [2.24, 2.45) is 10.7 Å². The zero-order valence-corrected chi connectivity index (χ0v) is 14.2. The first-order valence-corrected chi connectivity index (χ1v) is 7.50. The number of hydrogen-bond donors (Lipinski definition) is 1. The van der Waals surface area contributed by atoms with Gasteiger partial charge in [0.2, 0.25) is 0 Å². The van der Waals surface area contributed by atoms with Crippen LogP contribution in [-0.4, -0.2) is 59.6 Å². The fourth-order valence-electron chi connectivity index (χ4n) is 1.80. The molecular formula is C16H24N2O6. The van der Waals surface area contributed by atoms with Crippen molar-refractivity contribution in [3.8, 4) is 11.5 Å². The number of nitrogens with zero attached hydrogens (tertiary/aromatic N) is 1. The predicted octanol–water partition coefficient (Wildman–Crippen LogP) is 1.53. The maximum Gasteiger partial charge on any atom is 0.340 e. The van der Waals surface area contributed by atoms with Crippen LogP contribution in [0.5, 0.6) is 11.5 Å². The molecule has 0 unspecified atom stereocenters. The van der Waals surface area contributed by atoms with Crippen molar-refractivity contribution in [1.82, 2.24) is 0 Å². The van der Waals surface area contributed by atoms with Crippen LogP contribution in [0.4, 0.5) is 5.69 Å². The van der Waals surface area contributed by atoms with Crippen molar-refractivity contribution in [3.63, 3.8) is 0 Å². The second kappa shape index (κ2) is 11.3. The summed E-state index contributed by atoms with van der Waals surface area (Å²) in [7, 11) is 3.15. The number of carbonyl (C=O) groups excluding carboxylic acids is 1. The topological polar surface area (TPSA) is 102 Å². The first-order chi connectivity index (χ1) is 11.7. The van der Waals surface area contributed by atoms with Gasteiger partial charge < -0.3 is 29.4 Å². The second-order valence-electron chi connectivity index (χ2n) is 4.50. The minimum absolute atomic E-state index is 0.241. The number of aliphatic imine (C=N–C) groups is 1. The number of ether oxygens (including phenoxy) is 5. The molecule has 0 radical (unpaired) electrons. The van der Waals surface area contributed by atoms with Crippen LogP contribution in [0.15, 0.2) is 17.1 Å². The second-order valence-corrected chi connectivity index (χ2v) is 4.50. The summed E-state index contributed by atoms with van der Waals surface area (Å²) in [4.78, 5) is 16.1. The van der Waals surface area contributed by atoms with Crippen molar-refractivity contribution in [3.05, 3.63) is 17.7 Å². The number of rotatable bonds is 11. The molecule has 1 rings (SSSR count). The van der Waals surface area contributed by atoms with E-state index in [2.05, 4.69) is 4.99 Å². The Balaban J connectivity index is 3.17. The molecule has 0 saturated carbocycles. The highest BCUT2D eigenvalue weighted by Gasteiger charge is 2.18. The lowest BCUT2D eigenvalue weighted by Gasteiger charge is -2.15. The third kappa shape index (κ3) is 6.05. The van der Waals surface area contributed by atoms with Crippen molar-refractivity contribution in [2.75, 3.05) is 47.3 Å². The minimum atomic E-state index is -0.516. The highest BCUT2D eigenvalue weighted by Crippen LogP contribution is 2.35. The number of esters is 1. The molecule has 0 aliphatic heterocycles. The molecule has 0 fully saturated rings. The normalized spacial score (nSPS) is 10.8. The maximum atomic E-state index is 12.1. The van der Waals surface area contributed by atoms with E-state index in [1.165, 1.54) is 6.07 Å². The first-order valence-electron chi connectivity index (χ1n) is 7.50. The van der Waals surface area contributed by atoms with Gasteiger partial charge in [-0.25, -0.2) is 9.79 Å². The lowest BCUT2D eigenvalue weighted by molar-refractivity contribution is 0.0526. The summed E-state index contributed by atoms with van der Waals surface area (Å²) >= 11 is 0. The smallest absolute Gasteiger partial charge is 0.340 e. The lowest BCUT2D eigenvalue weighted by atomic mass is 10.1. The van der Waals surface area contributed by atoms with E-state index in [1.807, 2.05) is 0 Å². The van der Waals surface area contributed by atoms with Crippen LogP contribution in [0.25, 0.3) is 0 Å². The van der Waals surface area contributed by atoms with Gasteiger partial charge in [-0.3, -0.25) is 0 Å². The van der Waals surface area contributed by atoms with Gasteiger partial charge >= 0.3 is 5.97 Å². The molecule has 0 bridgehead atoms. The molecule has 1 aromatic carbocycles. The molecule has 0 amide bonds. The zero-order valence-electron chi connectivity index (χ0n) is 14.2. The Kier molecular flexibility index (Phi) is 9.25. The molecule has 8 nitrogen and oxygen atoms in total. The highest BCUT2D eigenvalue weighted by atomic mass is 16.6. The average Bonchev–Trinajstić information content (AvgIpc) is 2.57. The number of hydrogen-bond acceptors (Lipinski definition) is 7. The predicted molar refractivity (Wildman–Crippen MR) is 89.5 cm³/mol. The standard InChI is InChI=1S/C16H24N2O6/c1-4-22-16(19)12-9-14(23-7-5-20-2)15(24-8-6-21-3)10-13(12)18-11-17/h9-11H,4-8H2,1-3H3,(H2,17,18). The van der Waals surface area contributed by atoms with E-state index >= 15 is 0 Å². The molecule has 0 aliphatic carbocycles. The van der Waals surface area contributed by atoms with Gasteiger partial charge in [0.05, 0.1) is 37.4 Å². The molecule has 134 valence electrons. The molecule has 0 aromatic heterocycles. The van der Waals surface area contributed by atoms with Gasteiger partial charge in [0.15, 0.2) is 11.5 Å². The number of benzene rings is 1. The minimum Gasteiger partial charge on any atom is -0.487 e. The van der Waals surface area contributed by atoms with Crippen molar-refractivity contribution in [2.45, 2.75) is 6.92 Å². The van der Waals surface area contributed by atoms with E-state index in [9.17, 15) is 4.79 Å². The summed E-state index contributed by atoms with van der Waals surface area (Å²) < 4.78 is 26.2. The van der Waals surface area contributed by atoms with Crippen LogP contribution >= 0.6 is 0 Å². The summed E-state index contributed by atoms with van der Waals surface area (Å²) in [5, 5.41) is 0. The van der Waals surface area contributed by atoms with E-state index < -0.39 is 5.97 Å². The quantitative estimate of drug-likeness (QED) is 0.282. The van der Waals surface area contributed by atoms with Crippen molar-refractivity contribution in [1.29, 1.82) is 0 Å². The summed E-state index contributed by atoms with van der Waals surface area (Å²) in [6.45, 7) is 3.40. The van der Waals surface area contributed by atoms with Crippen LogP contribution in [0.2, 0.25) is 0 Å². The number of carbonyl (C=O) groups is 1. The fraction of sp³-hybridized carbons (Fsp3) is 0.500. The SMILES string of the molecule is CCOC(=O)c1cc(OCCOC)c(OCCOC)cc1N=CN. The van der Waals surface area contributed by atoms with Gasteiger partial charge in [-0.1, -0.05) is 0 Å². The largest absolute Gasteiger partial charge is 0.487 e. The third-order valence-electron chi connectivity index (χ3n) is 2.86. The van der Waals surface area contributed by atoms with Crippen molar-refractivity contribution >= 4 is 18.0 Å². The first kappa shape index (κ1) is 19.7. The van der Waals surface area contributed by atoms with E-state index in [0.717, 1.165) is 6.34 Å². The maximum absolute atomic E-state index is 12.1. The lowest BCUT2D eigenvalue weighted by Crippen LogP contribution is -2.11. The van der Waals surface area contributed by atoms with E-state index in [1.54, 1.807) is 27.2 Å². The molecule has 0 spiro atoms. The fourth-order valence-corrected chi connectivity index (χ4v) is 1.80. The number of nitrogens with two attached hydrogens (primary N) is 1. The summed E-state index contributed by atoms with van der Waals surface area (Å²) in [5.41, 5.74) is 5.94. The molecule has 1 aromatic rings. The highest BCUT2D eigenvalue weighted by molar-refractivity contribution is 5.96. The third-order valence-corrected chi connectivity index (χ3v) is 2.86. The molecule has 0 heterocycles. The Labute approximate surface area is 141 Å². The van der Waals surface area contributed by atoms with Crippen LogP contribution in [0, 0.1) is 0 Å². The van der Waals surface area contributed by atoms with E-state index in [-0.39, 0.29) is 12.2 Å². The van der Waals surface area contributed by atoms with Gasteiger partial charge in [0.25, 0.3) is 0 Å². The van der Waals surface area contributed by atoms with E-state index in [4.69, 9.17) is 29.4 Å². The Morgan fingerprint density at radius 3 is 2.17 bits per heavy atom. The molecule has 0 atom stereocenters. The average molecular weight is 340 g/mol. The summed E-state index contributed by atoms with van der Waals surface area (Å²) in [6, 6.07) is 3.10. The van der Waals surface area contributed by atoms with Crippen LogP contribution in [-0.2, 0) is 14.2 Å². The van der Waals surface area contributed by atoms with Gasteiger partial charge in [-0.2, -0.15) is 0 Å². The summed E-state index contributed by atoms with van der Waals surface area (Å²) in [5.74, 6) is 0.303. The number of methoxy groups -OCH3 is 2. The molecule has 2 N–H and O–H groups in total. The zero-order chi connectivity index (χ0) is 17.8. The van der Waals surface area contributed by atoms with Gasteiger partial charge in [-0.15, -0.1) is 0 Å². The van der Waals surface area contributed by atoms with Gasteiger partial charge in [0.1, 0.15) is 13.2 Å². The van der Waals surface area contributed by atoms with Gasteiger partial charge in [-0.05, 0) is 6.92 Å². The molecule has 24 heavy (non-hydrogen) atoms. The Morgan fingerprint density at radius 2 is 1.67 bits per heavy atom. The van der Waals surface area contributed by atoms with Crippen LogP contribution in [0.3, 0.4) is 0 Å². The Hall–Kier alpha value is -2.32. The van der Waals surface area contributed by atoms with E-state index in [0.29, 0.717) is 43.6 Å². The monoisotopic (exact) mass is 340 g/mol. The molecule has 0 saturated heterocycles. The Bertz CT molecular complexity index is 548. The molecular weight excluding hydrogens is 316 g/mol. The van der Waals surface area contributed by atoms with Crippen molar-refractivity contribution < 1.29 is 28.5 Å².